The van der Waals surface area contributed by atoms with Gasteiger partial charge in [-0.15, -0.1) is 0 Å². The summed E-state index contributed by atoms with van der Waals surface area (Å²) >= 11 is 0. The van der Waals surface area contributed by atoms with Crippen molar-refractivity contribution < 1.29 is 19.1 Å². The highest BCUT2D eigenvalue weighted by Crippen LogP contribution is 2.31. The number of ether oxygens (including phenoxy) is 1. The van der Waals surface area contributed by atoms with E-state index in [0.717, 1.165) is 18.4 Å². The summed E-state index contributed by atoms with van der Waals surface area (Å²) < 4.78 is 5.72. The number of nitrogens with zero attached hydrogens (tertiary/aromatic N) is 2. The second-order valence-electron chi connectivity index (χ2n) is 7.88. The zero-order chi connectivity index (χ0) is 20.3. The summed E-state index contributed by atoms with van der Waals surface area (Å²) in [7, 11) is 1.71. The summed E-state index contributed by atoms with van der Waals surface area (Å²) in [6.07, 6.45) is 0.783. The van der Waals surface area contributed by atoms with Gasteiger partial charge in [0.25, 0.3) is 5.91 Å². The van der Waals surface area contributed by atoms with Gasteiger partial charge in [-0.05, 0) is 32.3 Å². The molecule has 152 valence electrons. The number of carbonyl (C=O) groups is 3. The van der Waals surface area contributed by atoms with E-state index in [-0.39, 0.29) is 36.3 Å². The molecule has 0 aliphatic carbocycles. The molecule has 0 saturated carbocycles. The molecule has 0 radical (unpaired) electrons. The molecule has 0 spiro atoms. The summed E-state index contributed by atoms with van der Waals surface area (Å²) in [6.45, 7) is 4.73. The fraction of sp³-hybridized carbons (Fsp3) is 0.571. The predicted molar refractivity (Wildman–Crippen MR) is 104 cm³/mol. The van der Waals surface area contributed by atoms with Crippen molar-refractivity contribution in [2.24, 2.45) is 5.92 Å². The maximum atomic E-state index is 13.3. The number of carbonyl (C=O) groups excluding carboxylic acids is 3. The monoisotopic (exact) mass is 387 g/mol. The van der Waals surface area contributed by atoms with Gasteiger partial charge in [0, 0.05) is 26.2 Å². The average Bonchev–Trinajstić information content (AvgIpc) is 2.69. The van der Waals surface area contributed by atoms with Gasteiger partial charge in [-0.3, -0.25) is 14.4 Å². The normalized spacial score (nSPS) is 25.7. The highest BCUT2D eigenvalue weighted by atomic mass is 16.5. The first kappa shape index (κ1) is 20.3. The number of hydrogen-bond donors (Lipinski definition) is 1. The zero-order valence-electron chi connectivity index (χ0n) is 16.8. The standard InChI is InChI=1S/C21H29N3O4/c1-14(2)22-20(26)16-10-7-11-24(12-16)21(27)19-18(15-8-5-4-6-9-15)23(3)17(25)13-28-19/h4-6,8-9,14,16,18-19H,7,10-13H2,1-3H3,(H,22,26). The van der Waals surface area contributed by atoms with Crippen LogP contribution in [0.15, 0.2) is 30.3 Å². The molecule has 3 amide bonds. The third kappa shape index (κ3) is 4.35. The van der Waals surface area contributed by atoms with Crippen LogP contribution in [-0.2, 0) is 19.1 Å². The van der Waals surface area contributed by atoms with Crippen molar-refractivity contribution in [2.45, 2.75) is 44.9 Å². The molecule has 2 heterocycles. The molecule has 2 fully saturated rings. The Kier molecular flexibility index (Phi) is 6.34. The molecule has 7 heteroatoms. The number of morpholine rings is 1. The number of rotatable bonds is 4. The van der Waals surface area contributed by atoms with Gasteiger partial charge >= 0.3 is 0 Å². The second kappa shape index (κ2) is 8.73. The smallest absolute Gasteiger partial charge is 0.254 e. The Hall–Kier alpha value is -2.41. The van der Waals surface area contributed by atoms with E-state index in [1.54, 1.807) is 16.8 Å². The summed E-state index contributed by atoms with van der Waals surface area (Å²) in [5.41, 5.74) is 0.863. The van der Waals surface area contributed by atoms with Crippen LogP contribution in [0.3, 0.4) is 0 Å². The van der Waals surface area contributed by atoms with Crippen molar-refractivity contribution in [2.75, 3.05) is 26.7 Å². The fourth-order valence-corrected chi connectivity index (χ4v) is 3.94. The Morgan fingerprint density at radius 3 is 2.61 bits per heavy atom. The molecule has 1 N–H and O–H groups in total. The van der Waals surface area contributed by atoms with Crippen LogP contribution in [0.5, 0.6) is 0 Å². The van der Waals surface area contributed by atoms with Gasteiger partial charge < -0.3 is 19.9 Å². The van der Waals surface area contributed by atoms with Crippen molar-refractivity contribution in [3.05, 3.63) is 35.9 Å². The maximum absolute atomic E-state index is 13.3. The van der Waals surface area contributed by atoms with E-state index in [9.17, 15) is 14.4 Å². The molecule has 3 atom stereocenters. The molecule has 28 heavy (non-hydrogen) atoms. The van der Waals surface area contributed by atoms with Crippen molar-refractivity contribution in [1.29, 1.82) is 0 Å². The number of nitrogens with one attached hydrogen (secondary N) is 1. The number of hydrogen-bond acceptors (Lipinski definition) is 4. The molecule has 2 aliphatic rings. The highest BCUT2D eigenvalue weighted by Gasteiger charge is 2.43. The minimum Gasteiger partial charge on any atom is -0.356 e. The zero-order valence-corrected chi connectivity index (χ0v) is 16.8. The Morgan fingerprint density at radius 2 is 1.93 bits per heavy atom. The van der Waals surface area contributed by atoms with Crippen LogP contribution in [0.1, 0.15) is 38.3 Å². The number of benzene rings is 1. The molecule has 0 bridgehead atoms. The van der Waals surface area contributed by atoms with Gasteiger partial charge in [0.05, 0.1) is 12.0 Å². The van der Waals surface area contributed by atoms with Gasteiger partial charge in [0.2, 0.25) is 11.8 Å². The van der Waals surface area contributed by atoms with Crippen molar-refractivity contribution >= 4 is 17.7 Å². The number of likely N-dealkylation sites (tertiary alicyclic amines) is 1. The minimum atomic E-state index is -0.767. The third-order valence-corrected chi connectivity index (χ3v) is 5.40. The lowest BCUT2D eigenvalue weighted by Gasteiger charge is -2.41. The molecule has 1 aromatic carbocycles. The highest BCUT2D eigenvalue weighted by molar-refractivity contribution is 5.87. The molecule has 7 nitrogen and oxygen atoms in total. The van der Waals surface area contributed by atoms with E-state index < -0.39 is 12.1 Å². The first-order valence-corrected chi connectivity index (χ1v) is 9.90. The third-order valence-electron chi connectivity index (χ3n) is 5.40. The number of piperidine rings is 1. The summed E-state index contributed by atoms with van der Waals surface area (Å²) in [5.74, 6) is -0.525. The lowest BCUT2D eigenvalue weighted by Crippen LogP contribution is -2.56. The van der Waals surface area contributed by atoms with E-state index in [0.29, 0.717) is 13.1 Å². The van der Waals surface area contributed by atoms with E-state index >= 15 is 0 Å². The summed E-state index contributed by atoms with van der Waals surface area (Å²) in [4.78, 5) is 41.2. The first-order chi connectivity index (χ1) is 13.4. The molecular formula is C21H29N3O4. The molecule has 0 aromatic heterocycles. The topological polar surface area (TPSA) is 79.0 Å². The Labute approximate surface area is 166 Å². The molecule has 2 saturated heterocycles. The van der Waals surface area contributed by atoms with Crippen LogP contribution in [0.25, 0.3) is 0 Å². The first-order valence-electron chi connectivity index (χ1n) is 9.90. The Balaban J connectivity index is 1.77. The van der Waals surface area contributed by atoms with Gasteiger partial charge in [0.1, 0.15) is 6.61 Å². The maximum Gasteiger partial charge on any atom is 0.254 e. The second-order valence-corrected chi connectivity index (χ2v) is 7.88. The van der Waals surface area contributed by atoms with Crippen LogP contribution in [0.2, 0.25) is 0 Å². The van der Waals surface area contributed by atoms with Gasteiger partial charge in [-0.25, -0.2) is 0 Å². The van der Waals surface area contributed by atoms with Gasteiger partial charge in [0.15, 0.2) is 6.10 Å². The van der Waals surface area contributed by atoms with Crippen LogP contribution >= 0.6 is 0 Å². The van der Waals surface area contributed by atoms with Crippen LogP contribution in [-0.4, -0.2) is 66.4 Å². The lowest BCUT2D eigenvalue weighted by atomic mass is 9.93. The van der Waals surface area contributed by atoms with Crippen LogP contribution < -0.4 is 5.32 Å². The van der Waals surface area contributed by atoms with E-state index in [2.05, 4.69) is 5.32 Å². The van der Waals surface area contributed by atoms with Gasteiger partial charge in [-0.2, -0.15) is 0 Å². The molecule has 1 aromatic rings. The van der Waals surface area contributed by atoms with Crippen molar-refractivity contribution in [1.82, 2.24) is 15.1 Å². The number of likely N-dealkylation sites (N-methyl/N-ethyl adjacent to an activating group) is 1. The molecular weight excluding hydrogens is 358 g/mol. The largest absolute Gasteiger partial charge is 0.356 e. The Morgan fingerprint density at radius 1 is 1.21 bits per heavy atom. The quantitative estimate of drug-likeness (QED) is 0.846. The molecule has 3 unspecified atom stereocenters. The van der Waals surface area contributed by atoms with Crippen LogP contribution in [0, 0.1) is 5.92 Å². The summed E-state index contributed by atoms with van der Waals surface area (Å²) in [6, 6.07) is 9.07. The van der Waals surface area contributed by atoms with Gasteiger partial charge in [-0.1, -0.05) is 30.3 Å². The Bertz CT molecular complexity index is 722. The number of amides is 3. The predicted octanol–water partition coefficient (Wildman–Crippen LogP) is 1.35. The fourth-order valence-electron chi connectivity index (χ4n) is 3.94. The minimum absolute atomic E-state index is 0.0102. The van der Waals surface area contributed by atoms with E-state index in [1.165, 1.54) is 0 Å². The van der Waals surface area contributed by atoms with E-state index in [1.807, 2.05) is 44.2 Å². The molecule has 3 rings (SSSR count). The van der Waals surface area contributed by atoms with Crippen molar-refractivity contribution in [3.63, 3.8) is 0 Å². The summed E-state index contributed by atoms with van der Waals surface area (Å²) in [5, 5.41) is 2.94. The van der Waals surface area contributed by atoms with Crippen molar-refractivity contribution in [3.8, 4) is 0 Å². The lowest BCUT2D eigenvalue weighted by molar-refractivity contribution is -0.168. The average molecular weight is 387 g/mol. The van der Waals surface area contributed by atoms with Crippen LogP contribution in [0.4, 0.5) is 0 Å². The molecule has 2 aliphatic heterocycles. The van der Waals surface area contributed by atoms with E-state index in [4.69, 9.17) is 4.74 Å². The SMILES string of the molecule is CC(C)NC(=O)C1CCCN(C(=O)C2OCC(=O)N(C)C2c2ccccc2)C1.